The Hall–Kier alpha value is -1.22. The van der Waals surface area contributed by atoms with Crippen LogP contribution in [0.5, 0.6) is 11.5 Å². The van der Waals surface area contributed by atoms with E-state index in [0.29, 0.717) is 6.10 Å². The molecule has 0 unspecified atom stereocenters. The number of rotatable bonds is 5. The minimum Gasteiger partial charge on any atom is -0.493 e. The summed E-state index contributed by atoms with van der Waals surface area (Å²) in [6.45, 7) is 0. The Morgan fingerprint density at radius 2 is 2.06 bits per heavy atom. The molecule has 17 heavy (non-hydrogen) atoms. The van der Waals surface area contributed by atoms with Crippen LogP contribution in [0.25, 0.3) is 0 Å². The van der Waals surface area contributed by atoms with Gasteiger partial charge in [0.05, 0.1) is 18.8 Å². The van der Waals surface area contributed by atoms with Crippen LogP contribution in [0.4, 0.5) is 0 Å². The second-order valence-electron chi connectivity index (χ2n) is 5.20. The molecule has 3 rings (SSSR count). The molecule has 2 saturated carbocycles. The Labute approximate surface area is 101 Å². The first kappa shape index (κ1) is 10.9. The van der Waals surface area contributed by atoms with Gasteiger partial charge in [0, 0.05) is 6.42 Å². The number of benzene rings is 1. The summed E-state index contributed by atoms with van der Waals surface area (Å²) >= 11 is 0. The molecule has 0 amide bonds. The van der Waals surface area contributed by atoms with Crippen molar-refractivity contribution in [1.29, 1.82) is 0 Å². The van der Waals surface area contributed by atoms with E-state index in [0.717, 1.165) is 49.2 Å². The van der Waals surface area contributed by atoms with Crippen LogP contribution in [0.15, 0.2) is 18.2 Å². The third-order valence-electron chi connectivity index (χ3n) is 3.41. The van der Waals surface area contributed by atoms with E-state index in [-0.39, 0.29) is 0 Å². The first-order valence-electron chi connectivity index (χ1n) is 6.24. The molecule has 0 heterocycles. The van der Waals surface area contributed by atoms with Gasteiger partial charge in [0.15, 0.2) is 11.5 Å². The maximum Gasteiger partial charge on any atom is 0.161 e. The lowest BCUT2D eigenvalue weighted by Gasteiger charge is -2.13. The summed E-state index contributed by atoms with van der Waals surface area (Å²) in [7, 11) is 1.66. The van der Waals surface area contributed by atoms with Crippen LogP contribution >= 0.6 is 0 Å². The van der Waals surface area contributed by atoms with Gasteiger partial charge in [-0.15, -0.1) is 0 Å². The van der Waals surface area contributed by atoms with Gasteiger partial charge in [-0.1, -0.05) is 6.07 Å². The second-order valence-corrected chi connectivity index (χ2v) is 5.20. The molecule has 1 N–H and O–H groups in total. The quantitative estimate of drug-likeness (QED) is 0.849. The first-order valence-corrected chi connectivity index (χ1v) is 6.24. The molecule has 0 saturated heterocycles. The molecule has 3 nitrogen and oxygen atoms in total. The van der Waals surface area contributed by atoms with Crippen molar-refractivity contribution in [3.05, 3.63) is 23.8 Å². The third kappa shape index (κ3) is 2.55. The number of hydrogen-bond acceptors (Lipinski definition) is 3. The Morgan fingerprint density at radius 3 is 2.65 bits per heavy atom. The van der Waals surface area contributed by atoms with E-state index >= 15 is 0 Å². The van der Waals surface area contributed by atoms with Crippen LogP contribution in [-0.2, 0) is 6.42 Å². The summed E-state index contributed by atoms with van der Waals surface area (Å²) in [4.78, 5) is 0. The standard InChI is InChI=1S/C14H18O3/c1-16-12-5-2-10(9-14(15)6-7-14)8-13(12)17-11-3-4-11/h2,5,8,11,15H,3-4,6-7,9H2,1H3. The average Bonchev–Trinajstić information content (AvgIpc) is 3.20. The van der Waals surface area contributed by atoms with E-state index in [1.54, 1.807) is 7.11 Å². The number of aliphatic hydroxyl groups is 1. The fourth-order valence-corrected chi connectivity index (χ4v) is 1.99. The number of hydrogen-bond donors (Lipinski definition) is 1. The molecule has 1 aromatic carbocycles. The van der Waals surface area contributed by atoms with Crippen LogP contribution in [0.1, 0.15) is 31.2 Å². The second kappa shape index (κ2) is 3.91. The van der Waals surface area contributed by atoms with Crippen LogP contribution < -0.4 is 9.47 Å². The SMILES string of the molecule is COc1ccc(CC2(O)CC2)cc1OC1CC1. The predicted octanol–water partition coefficient (Wildman–Crippen LogP) is 2.30. The van der Waals surface area contributed by atoms with Crippen LogP contribution in [0.2, 0.25) is 0 Å². The van der Waals surface area contributed by atoms with Crippen LogP contribution in [0, 0.1) is 0 Å². The Balaban J connectivity index is 1.79. The van der Waals surface area contributed by atoms with Gasteiger partial charge < -0.3 is 14.6 Å². The van der Waals surface area contributed by atoms with E-state index in [1.807, 2.05) is 18.2 Å². The number of ether oxygens (including phenoxy) is 2. The van der Waals surface area contributed by atoms with Crippen LogP contribution in [0.3, 0.4) is 0 Å². The molecule has 0 bridgehead atoms. The van der Waals surface area contributed by atoms with Crippen molar-refractivity contribution < 1.29 is 14.6 Å². The summed E-state index contributed by atoms with van der Waals surface area (Å²) in [5.74, 6) is 1.60. The van der Waals surface area contributed by atoms with Crippen molar-refractivity contribution in [1.82, 2.24) is 0 Å². The van der Waals surface area contributed by atoms with E-state index in [2.05, 4.69) is 0 Å². The fourth-order valence-electron chi connectivity index (χ4n) is 1.99. The molecule has 0 atom stereocenters. The van der Waals surface area contributed by atoms with Crippen LogP contribution in [-0.4, -0.2) is 23.9 Å². The summed E-state index contributed by atoms with van der Waals surface area (Å²) in [5.41, 5.74) is 0.673. The van der Waals surface area contributed by atoms with Crippen molar-refractivity contribution in [2.24, 2.45) is 0 Å². The highest BCUT2D eigenvalue weighted by molar-refractivity contribution is 5.44. The van der Waals surface area contributed by atoms with E-state index < -0.39 is 5.60 Å². The van der Waals surface area contributed by atoms with E-state index in [4.69, 9.17) is 9.47 Å². The summed E-state index contributed by atoms with van der Waals surface area (Å²) < 4.78 is 11.1. The third-order valence-corrected chi connectivity index (χ3v) is 3.41. The largest absolute Gasteiger partial charge is 0.493 e. The van der Waals surface area contributed by atoms with Gasteiger partial charge in [-0.25, -0.2) is 0 Å². The highest BCUT2D eigenvalue weighted by atomic mass is 16.5. The Morgan fingerprint density at radius 1 is 1.29 bits per heavy atom. The molecular formula is C14H18O3. The number of methoxy groups -OCH3 is 1. The molecule has 2 fully saturated rings. The highest BCUT2D eigenvalue weighted by Crippen LogP contribution is 2.40. The lowest BCUT2D eigenvalue weighted by molar-refractivity contribution is 0.151. The molecule has 0 aliphatic heterocycles. The minimum absolute atomic E-state index is 0.364. The van der Waals surface area contributed by atoms with E-state index in [1.165, 1.54) is 0 Å². The zero-order valence-corrected chi connectivity index (χ0v) is 10.1. The van der Waals surface area contributed by atoms with Gasteiger partial charge in [0.1, 0.15) is 0 Å². The monoisotopic (exact) mass is 234 g/mol. The summed E-state index contributed by atoms with van der Waals surface area (Å²) in [6.07, 6.45) is 5.19. The van der Waals surface area contributed by atoms with Gasteiger partial charge in [-0.05, 0) is 43.4 Å². The van der Waals surface area contributed by atoms with Crippen molar-refractivity contribution in [2.45, 2.75) is 43.8 Å². The molecular weight excluding hydrogens is 216 g/mol. The maximum absolute atomic E-state index is 9.92. The topological polar surface area (TPSA) is 38.7 Å². The average molecular weight is 234 g/mol. The lowest BCUT2D eigenvalue weighted by Crippen LogP contribution is -2.11. The Bertz CT molecular complexity index is 419. The normalized spacial score (nSPS) is 21.1. The van der Waals surface area contributed by atoms with Gasteiger partial charge in [-0.3, -0.25) is 0 Å². The van der Waals surface area contributed by atoms with Gasteiger partial charge in [0.25, 0.3) is 0 Å². The summed E-state index contributed by atoms with van der Waals surface area (Å²) in [6, 6.07) is 5.95. The lowest BCUT2D eigenvalue weighted by atomic mass is 10.1. The van der Waals surface area contributed by atoms with Gasteiger partial charge in [-0.2, -0.15) is 0 Å². The van der Waals surface area contributed by atoms with Crippen molar-refractivity contribution in [2.75, 3.05) is 7.11 Å². The fraction of sp³-hybridized carbons (Fsp3) is 0.571. The molecule has 0 spiro atoms. The summed E-state index contributed by atoms with van der Waals surface area (Å²) in [5, 5.41) is 9.92. The first-order chi connectivity index (χ1) is 8.18. The molecule has 2 aliphatic rings. The van der Waals surface area contributed by atoms with Gasteiger partial charge >= 0.3 is 0 Å². The smallest absolute Gasteiger partial charge is 0.161 e. The molecule has 92 valence electrons. The van der Waals surface area contributed by atoms with Crippen molar-refractivity contribution >= 4 is 0 Å². The zero-order valence-electron chi connectivity index (χ0n) is 10.1. The van der Waals surface area contributed by atoms with Crippen molar-refractivity contribution in [3.63, 3.8) is 0 Å². The maximum atomic E-state index is 9.92. The molecule has 0 aromatic heterocycles. The zero-order chi connectivity index (χ0) is 11.9. The minimum atomic E-state index is -0.453. The molecule has 0 radical (unpaired) electrons. The van der Waals surface area contributed by atoms with E-state index in [9.17, 15) is 5.11 Å². The predicted molar refractivity (Wildman–Crippen MR) is 64.5 cm³/mol. The Kier molecular flexibility index (Phi) is 2.51. The molecule has 3 heteroatoms. The van der Waals surface area contributed by atoms with Gasteiger partial charge in [0.2, 0.25) is 0 Å². The molecule has 2 aliphatic carbocycles. The highest BCUT2D eigenvalue weighted by Gasteiger charge is 2.40. The molecule has 1 aromatic rings. The van der Waals surface area contributed by atoms with Crippen molar-refractivity contribution in [3.8, 4) is 11.5 Å².